The zero-order valence-corrected chi connectivity index (χ0v) is 16.1. The predicted octanol–water partition coefficient (Wildman–Crippen LogP) is 3.41. The third-order valence-corrected chi connectivity index (χ3v) is 5.04. The number of hydrogen-bond acceptors (Lipinski definition) is 5. The van der Waals surface area contributed by atoms with Crippen molar-refractivity contribution in [3.63, 3.8) is 0 Å². The number of aromatic nitrogens is 2. The van der Waals surface area contributed by atoms with Gasteiger partial charge in [-0.15, -0.1) is 11.3 Å². The van der Waals surface area contributed by atoms with E-state index >= 15 is 0 Å². The number of thiazole rings is 1. The van der Waals surface area contributed by atoms with E-state index in [-0.39, 0.29) is 5.82 Å². The van der Waals surface area contributed by atoms with Crippen molar-refractivity contribution in [1.82, 2.24) is 20.6 Å². The van der Waals surface area contributed by atoms with Crippen LogP contribution in [0.3, 0.4) is 0 Å². The second-order valence-electron chi connectivity index (χ2n) is 5.83. The van der Waals surface area contributed by atoms with Gasteiger partial charge in [0.2, 0.25) is 5.89 Å². The van der Waals surface area contributed by atoms with Gasteiger partial charge < -0.3 is 15.1 Å². The van der Waals surface area contributed by atoms with Gasteiger partial charge in [-0.3, -0.25) is 4.99 Å². The molecule has 0 fully saturated rings. The largest absolute Gasteiger partial charge is 0.444 e. The molecule has 2 heterocycles. The summed E-state index contributed by atoms with van der Waals surface area (Å²) in [5.41, 5.74) is 1.58. The number of rotatable bonds is 7. The van der Waals surface area contributed by atoms with E-state index < -0.39 is 0 Å². The number of aryl methyl sites for hydroxylation is 1. The van der Waals surface area contributed by atoms with Crippen molar-refractivity contribution in [3.8, 4) is 11.5 Å². The minimum absolute atomic E-state index is 0.280. The fourth-order valence-corrected chi connectivity index (χ4v) is 3.23. The third-order valence-electron chi connectivity index (χ3n) is 3.90. The van der Waals surface area contributed by atoms with E-state index in [0.29, 0.717) is 31.4 Å². The summed E-state index contributed by atoms with van der Waals surface area (Å²) in [6.45, 7) is 3.42. The molecule has 0 unspecified atom stereocenters. The molecule has 0 aliphatic rings. The Hall–Kier alpha value is -2.74. The highest BCUT2D eigenvalue weighted by Crippen LogP contribution is 2.19. The van der Waals surface area contributed by atoms with Crippen molar-refractivity contribution in [2.75, 3.05) is 13.6 Å². The van der Waals surface area contributed by atoms with Gasteiger partial charge in [0.1, 0.15) is 17.1 Å². The van der Waals surface area contributed by atoms with E-state index in [4.69, 9.17) is 4.42 Å². The molecular formula is C19H22FN5OS. The number of nitrogens with one attached hydrogen (secondary N) is 2. The van der Waals surface area contributed by atoms with Crippen molar-refractivity contribution in [2.45, 2.75) is 26.3 Å². The third kappa shape index (κ3) is 5.37. The molecule has 0 aliphatic carbocycles. The molecule has 142 valence electrons. The number of halogens is 1. The fraction of sp³-hybridized carbons (Fsp3) is 0.316. The van der Waals surface area contributed by atoms with E-state index in [2.05, 4.69) is 32.5 Å². The standard InChI is InChI=1S/C19H22FN5OS/c1-3-16-10-23-17(27-16)11-24-19(21-2)22-9-8-15-12-26-18(25-15)13-4-6-14(20)7-5-13/h4-7,10,12H,3,8-9,11H2,1-2H3,(H2,21,22,24). The Labute approximate surface area is 161 Å². The van der Waals surface area contributed by atoms with Crippen LogP contribution in [-0.4, -0.2) is 29.5 Å². The van der Waals surface area contributed by atoms with Gasteiger partial charge in [0.05, 0.1) is 12.2 Å². The number of oxazole rings is 1. The lowest BCUT2D eigenvalue weighted by atomic mass is 10.2. The molecular weight excluding hydrogens is 365 g/mol. The molecule has 0 amide bonds. The zero-order chi connectivity index (χ0) is 19.1. The molecule has 0 atom stereocenters. The molecule has 2 N–H and O–H groups in total. The van der Waals surface area contributed by atoms with Gasteiger partial charge >= 0.3 is 0 Å². The highest BCUT2D eigenvalue weighted by atomic mass is 32.1. The van der Waals surface area contributed by atoms with Gasteiger partial charge in [-0.1, -0.05) is 6.92 Å². The summed E-state index contributed by atoms with van der Waals surface area (Å²) in [5.74, 6) is 0.922. The van der Waals surface area contributed by atoms with Crippen molar-refractivity contribution in [1.29, 1.82) is 0 Å². The zero-order valence-electron chi connectivity index (χ0n) is 15.3. The molecule has 6 nitrogen and oxygen atoms in total. The molecule has 0 spiro atoms. The van der Waals surface area contributed by atoms with Crippen LogP contribution in [-0.2, 0) is 19.4 Å². The molecule has 3 aromatic rings. The first-order valence-electron chi connectivity index (χ1n) is 8.76. The molecule has 2 aromatic heterocycles. The maximum atomic E-state index is 13.0. The normalized spacial score (nSPS) is 11.6. The molecule has 0 radical (unpaired) electrons. The average Bonchev–Trinajstić information content (AvgIpc) is 3.34. The number of hydrogen-bond donors (Lipinski definition) is 2. The van der Waals surface area contributed by atoms with Crippen molar-refractivity contribution in [2.24, 2.45) is 4.99 Å². The monoisotopic (exact) mass is 387 g/mol. The lowest BCUT2D eigenvalue weighted by Gasteiger charge is -2.09. The highest BCUT2D eigenvalue weighted by Gasteiger charge is 2.08. The molecule has 0 bridgehead atoms. The number of nitrogens with zero attached hydrogens (tertiary/aromatic N) is 3. The summed E-state index contributed by atoms with van der Waals surface area (Å²) in [4.78, 5) is 14.3. The Morgan fingerprint density at radius 2 is 2.07 bits per heavy atom. The SMILES string of the molecule is CCc1cnc(CNC(=NC)NCCc2coc(-c3ccc(F)cc3)n2)s1. The van der Waals surface area contributed by atoms with Gasteiger partial charge in [0.15, 0.2) is 5.96 Å². The Bertz CT molecular complexity index is 888. The van der Waals surface area contributed by atoms with Crippen molar-refractivity contribution >= 4 is 17.3 Å². The first kappa shape index (κ1) is 19.0. The van der Waals surface area contributed by atoms with E-state index in [1.165, 1.54) is 17.0 Å². The highest BCUT2D eigenvalue weighted by molar-refractivity contribution is 7.11. The molecule has 0 aliphatic heterocycles. The van der Waals surface area contributed by atoms with Gasteiger partial charge in [-0.2, -0.15) is 0 Å². The lowest BCUT2D eigenvalue weighted by molar-refractivity contribution is 0.571. The predicted molar refractivity (Wildman–Crippen MR) is 105 cm³/mol. The lowest BCUT2D eigenvalue weighted by Crippen LogP contribution is -2.37. The van der Waals surface area contributed by atoms with Crippen molar-refractivity contribution in [3.05, 3.63) is 58.1 Å². The van der Waals surface area contributed by atoms with Gasteiger partial charge in [0.25, 0.3) is 0 Å². The number of guanidine groups is 1. The Kier molecular flexibility index (Phi) is 6.54. The minimum atomic E-state index is -0.280. The molecule has 0 saturated heterocycles. The van der Waals surface area contributed by atoms with Gasteiger partial charge in [-0.25, -0.2) is 14.4 Å². The first-order chi connectivity index (χ1) is 13.2. The van der Waals surface area contributed by atoms with Crippen LogP contribution in [0.25, 0.3) is 11.5 Å². The van der Waals surface area contributed by atoms with Crippen molar-refractivity contribution < 1.29 is 8.81 Å². The summed E-state index contributed by atoms with van der Waals surface area (Å²) in [6, 6.07) is 6.08. The van der Waals surface area contributed by atoms with Crippen LogP contribution in [0.4, 0.5) is 4.39 Å². The Morgan fingerprint density at radius 1 is 1.26 bits per heavy atom. The van der Waals surface area contributed by atoms with Crippen LogP contribution >= 0.6 is 11.3 Å². The number of aliphatic imine (C=N–C) groups is 1. The van der Waals surface area contributed by atoms with E-state index in [9.17, 15) is 4.39 Å². The summed E-state index contributed by atoms with van der Waals surface area (Å²) in [6.07, 6.45) is 5.23. The molecule has 1 aromatic carbocycles. The summed E-state index contributed by atoms with van der Waals surface area (Å²) < 4.78 is 18.5. The summed E-state index contributed by atoms with van der Waals surface area (Å²) in [7, 11) is 1.73. The second-order valence-corrected chi connectivity index (χ2v) is 7.03. The minimum Gasteiger partial charge on any atom is -0.444 e. The van der Waals surface area contributed by atoms with Crippen LogP contribution in [0.2, 0.25) is 0 Å². The van der Waals surface area contributed by atoms with Crippen LogP contribution in [0.15, 0.2) is 46.1 Å². The fourth-order valence-electron chi connectivity index (χ4n) is 2.43. The van der Waals surface area contributed by atoms with Gasteiger partial charge in [-0.05, 0) is 30.7 Å². The van der Waals surface area contributed by atoms with Crippen LogP contribution in [0, 0.1) is 5.82 Å². The van der Waals surface area contributed by atoms with Gasteiger partial charge in [0, 0.05) is 36.7 Å². The molecule has 8 heteroatoms. The maximum absolute atomic E-state index is 13.0. The molecule has 0 saturated carbocycles. The second kappa shape index (κ2) is 9.27. The van der Waals surface area contributed by atoms with Crippen LogP contribution < -0.4 is 10.6 Å². The van der Waals surface area contributed by atoms with E-state index in [1.54, 1.807) is 36.8 Å². The first-order valence-corrected chi connectivity index (χ1v) is 9.58. The van der Waals surface area contributed by atoms with Crippen LogP contribution in [0.1, 0.15) is 22.5 Å². The Balaban J connectivity index is 1.46. The molecule has 27 heavy (non-hydrogen) atoms. The number of benzene rings is 1. The Morgan fingerprint density at radius 3 is 2.78 bits per heavy atom. The quantitative estimate of drug-likeness (QED) is 0.480. The topological polar surface area (TPSA) is 75.3 Å². The smallest absolute Gasteiger partial charge is 0.226 e. The molecule has 3 rings (SSSR count). The summed E-state index contributed by atoms with van der Waals surface area (Å²) in [5, 5.41) is 7.54. The maximum Gasteiger partial charge on any atom is 0.226 e. The summed E-state index contributed by atoms with van der Waals surface area (Å²) >= 11 is 1.71. The van der Waals surface area contributed by atoms with E-state index in [1.807, 2.05) is 6.20 Å². The van der Waals surface area contributed by atoms with E-state index in [0.717, 1.165) is 22.7 Å². The average molecular weight is 387 g/mol. The van der Waals surface area contributed by atoms with Crippen LogP contribution in [0.5, 0.6) is 0 Å².